The fourth-order valence-corrected chi connectivity index (χ4v) is 3.52. The molecule has 7 nitrogen and oxygen atoms in total. The lowest BCUT2D eigenvalue weighted by Gasteiger charge is -2.28. The van der Waals surface area contributed by atoms with E-state index in [9.17, 15) is 15.2 Å². The van der Waals surface area contributed by atoms with Gasteiger partial charge in [0.15, 0.2) is 5.75 Å². The first-order chi connectivity index (χ1) is 13.1. The number of likely N-dealkylation sites (tertiary alicyclic amines) is 1. The highest BCUT2D eigenvalue weighted by molar-refractivity contribution is 5.47. The maximum absolute atomic E-state index is 11.0. The highest BCUT2D eigenvalue weighted by Gasteiger charge is 2.23. The number of rotatable bonds is 8. The van der Waals surface area contributed by atoms with Crippen LogP contribution in [0.3, 0.4) is 0 Å². The minimum absolute atomic E-state index is 0.241. The number of nitro groups is 1. The summed E-state index contributed by atoms with van der Waals surface area (Å²) in [6.45, 7) is 3.38. The van der Waals surface area contributed by atoms with Crippen molar-refractivity contribution in [3.05, 3.63) is 63.7 Å². The van der Waals surface area contributed by atoms with Crippen molar-refractivity contribution in [1.82, 2.24) is 10.2 Å². The monoisotopic (exact) mass is 371 g/mol. The third-order valence-electron chi connectivity index (χ3n) is 4.99. The molecular formula is C20H25N3O4. The number of phenols is 1. The Hall–Kier alpha value is -2.64. The lowest BCUT2D eigenvalue weighted by molar-refractivity contribution is -0.385. The first-order valence-electron chi connectivity index (χ1n) is 9.13. The summed E-state index contributed by atoms with van der Waals surface area (Å²) >= 11 is 0. The van der Waals surface area contributed by atoms with E-state index in [0.717, 1.165) is 30.9 Å². The Bertz CT molecular complexity index is 773. The summed E-state index contributed by atoms with van der Waals surface area (Å²) < 4.78 is 5.25. The average molecular weight is 371 g/mol. The van der Waals surface area contributed by atoms with Gasteiger partial charge in [0.25, 0.3) is 0 Å². The van der Waals surface area contributed by atoms with Gasteiger partial charge in [-0.05, 0) is 55.3 Å². The Kier molecular flexibility index (Phi) is 6.26. The molecule has 1 unspecified atom stereocenters. The summed E-state index contributed by atoms with van der Waals surface area (Å²) in [5.74, 6) is 0.528. The largest absolute Gasteiger partial charge is 0.502 e. The van der Waals surface area contributed by atoms with E-state index in [4.69, 9.17) is 4.74 Å². The molecule has 1 atom stereocenters. The van der Waals surface area contributed by atoms with E-state index in [1.54, 1.807) is 13.2 Å². The highest BCUT2D eigenvalue weighted by atomic mass is 16.6. The molecule has 0 aliphatic carbocycles. The maximum Gasteiger partial charge on any atom is 0.311 e. The lowest BCUT2D eigenvalue weighted by atomic mass is 10.0. The van der Waals surface area contributed by atoms with Crippen LogP contribution in [0.1, 0.15) is 30.0 Å². The van der Waals surface area contributed by atoms with E-state index >= 15 is 0 Å². The number of nitrogens with one attached hydrogen (secondary N) is 1. The third-order valence-corrected chi connectivity index (χ3v) is 4.99. The van der Waals surface area contributed by atoms with Crippen molar-refractivity contribution in [2.75, 3.05) is 26.7 Å². The quantitative estimate of drug-likeness (QED) is 0.547. The molecule has 3 rings (SSSR count). The third kappa shape index (κ3) is 4.75. The molecule has 1 fully saturated rings. The second-order valence-electron chi connectivity index (χ2n) is 6.74. The molecule has 0 spiro atoms. The van der Waals surface area contributed by atoms with Gasteiger partial charge in [-0.25, -0.2) is 0 Å². The van der Waals surface area contributed by atoms with Crippen molar-refractivity contribution in [2.45, 2.75) is 25.4 Å². The van der Waals surface area contributed by atoms with Crippen LogP contribution in [0.15, 0.2) is 42.5 Å². The Labute approximate surface area is 158 Å². The second-order valence-corrected chi connectivity index (χ2v) is 6.74. The molecule has 7 heteroatoms. The van der Waals surface area contributed by atoms with E-state index in [1.165, 1.54) is 30.5 Å². The molecule has 2 aromatic rings. The number of nitro benzene ring substituents is 1. The normalized spacial score (nSPS) is 15.6. The van der Waals surface area contributed by atoms with Crippen LogP contribution in [0.5, 0.6) is 11.5 Å². The van der Waals surface area contributed by atoms with E-state index < -0.39 is 4.92 Å². The molecule has 0 radical (unpaired) electrons. The van der Waals surface area contributed by atoms with Gasteiger partial charge in [-0.1, -0.05) is 18.2 Å². The summed E-state index contributed by atoms with van der Waals surface area (Å²) in [6, 6.07) is 12.9. The zero-order chi connectivity index (χ0) is 19.2. The number of hydrogen-bond donors (Lipinski definition) is 2. The number of aromatic hydroxyl groups is 1. The van der Waals surface area contributed by atoms with Gasteiger partial charge >= 0.3 is 5.69 Å². The first-order valence-corrected chi connectivity index (χ1v) is 9.13. The molecule has 0 saturated carbocycles. The predicted octanol–water partition coefficient (Wildman–Crippen LogP) is 3.24. The first kappa shape index (κ1) is 19.1. The number of nitrogens with zero attached hydrogens (tertiary/aromatic N) is 2. The molecule has 1 saturated heterocycles. The van der Waals surface area contributed by atoms with Crippen molar-refractivity contribution >= 4 is 5.69 Å². The van der Waals surface area contributed by atoms with E-state index in [1.807, 2.05) is 12.1 Å². The number of hydrogen-bond acceptors (Lipinski definition) is 6. The van der Waals surface area contributed by atoms with Gasteiger partial charge in [-0.15, -0.1) is 0 Å². The fourth-order valence-electron chi connectivity index (χ4n) is 3.52. The number of methoxy groups -OCH3 is 1. The summed E-state index contributed by atoms with van der Waals surface area (Å²) in [7, 11) is 1.66. The number of phenolic OH excluding ortho intramolecular Hbond substituents is 1. The van der Waals surface area contributed by atoms with Crippen molar-refractivity contribution in [2.24, 2.45) is 0 Å². The Balaban J connectivity index is 1.67. The molecule has 2 aromatic carbocycles. The van der Waals surface area contributed by atoms with E-state index in [2.05, 4.69) is 22.3 Å². The standard InChI is InChI=1S/C20H25N3O4/c1-27-17-7-5-16(6-8-17)19(22-10-2-3-11-22)14-21-13-15-4-9-20(24)18(12-15)23(25)26/h4-9,12,19,21,24H,2-3,10-11,13-14H2,1H3. The van der Waals surface area contributed by atoms with Crippen LogP contribution >= 0.6 is 0 Å². The van der Waals surface area contributed by atoms with Gasteiger partial charge in [0.05, 0.1) is 12.0 Å². The van der Waals surface area contributed by atoms with E-state index in [-0.39, 0.29) is 17.5 Å². The van der Waals surface area contributed by atoms with Gasteiger partial charge < -0.3 is 15.2 Å². The van der Waals surface area contributed by atoms with E-state index in [0.29, 0.717) is 6.54 Å². The smallest absolute Gasteiger partial charge is 0.311 e. The minimum atomic E-state index is -0.566. The van der Waals surface area contributed by atoms with Crippen molar-refractivity contribution in [3.63, 3.8) is 0 Å². The molecule has 27 heavy (non-hydrogen) atoms. The Morgan fingerprint density at radius 1 is 1.22 bits per heavy atom. The molecule has 2 N–H and O–H groups in total. The van der Waals surface area contributed by atoms with Gasteiger partial charge in [0, 0.05) is 25.2 Å². The van der Waals surface area contributed by atoms with Crippen LogP contribution in [-0.4, -0.2) is 41.7 Å². The van der Waals surface area contributed by atoms with Crippen LogP contribution in [-0.2, 0) is 6.54 Å². The van der Waals surface area contributed by atoms with Crippen LogP contribution in [0.25, 0.3) is 0 Å². The molecule has 1 heterocycles. The van der Waals surface area contributed by atoms with Gasteiger partial charge in [0.1, 0.15) is 5.75 Å². The molecule has 0 bridgehead atoms. The van der Waals surface area contributed by atoms with Crippen LogP contribution < -0.4 is 10.1 Å². The Morgan fingerprint density at radius 3 is 2.56 bits per heavy atom. The summed E-state index contributed by atoms with van der Waals surface area (Å²) in [6.07, 6.45) is 2.41. The molecule has 0 aromatic heterocycles. The molecule has 0 amide bonds. The topological polar surface area (TPSA) is 87.9 Å². The Morgan fingerprint density at radius 2 is 1.93 bits per heavy atom. The number of ether oxygens (including phenoxy) is 1. The summed E-state index contributed by atoms with van der Waals surface area (Å²) in [5, 5.41) is 24.0. The van der Waals surface area contributed by atoms with Crippen molar-refractivity contribution < 1.29 is 14.8 Å². The molecule has 1 aliphatic heterocycles. The number of benzene rings is 2. The molecule has 1 aliphatic rings. The minimum Gasteiger partial charge on any atom is -0.502 e. The van der Waals surface area contributed by atoms with Crippen molar-refractivity contribution in [1.29, 1.82) is 0 Å². The average Bonchev–Trinajstić information content (AvgIpc) is 3.21. The SMILES string of the molecule is COc1ccc(C(CNCc2ccc(O)c([N+](=O)[O-])c2)N2CCCC2)cc1. The van der Waals surface area contributed by atoms with Crippen LogP contribution in [0, 0.1) is 10.1 Å². The van der Waals surface area contributed by atoms with Gasteiger partial charge in [-0.2, -0.15) is 0 Å². The lowest BCUT2D eigenvalue weighted by Crippen LogP contribution is -2.34. The highest BCUT2D eigenvalue weighted by Crippen LogP contribution is 2.28. The molecule has 144 valence electrons. The van der Waals surface area contributed by atoms with Crippen molar-refractivity contribution in [3.8, 4) is 11.5 Å². The van der Waals surface area contributed by atoms with Crippen LogP contribution in [0.4, 0.5) is 5.69 Å². The second kappa shape index (κ2) is 8.83. The van der Waals surface area contributed by atoms with Gasteiger partial charge in [0.2, 0.25) is 0 Å². The summed E-state index contributed by atoms with van der Waals surface area (Å²) in [5.41, 5.74) is 1.73. The molecular weight excluding hydrogens is 346 g/mol. The maximum atomic E-state index is 11.0. The summed E-state index contributed by atoms with van der Waals surface area (Å²) in [4.78, 5) is 12.9. The van der Waals surface area contributed by atoms with Crippen LogP contribution in [0.2, 0.25) is 0 Å². The fraction of sp³-hybridized carbons (Fsp3) is 0.400. The van der Waals surface area contributed by atoms with Gasteiger partial charge in [-0.3, -0.25) is 15.0 Å². The predicted molar refractivity (Wildman–Crippen MR) is 103 cm³/mol. The zero-order valence-corrected chi connectivity index (χ0v) is 15.4. The zero-order valence-electron chi connectivity index (χ0n) is 15.4.